The Bertz CT molecular complexity index is 3930. The number of nitrogens with zero attached hydrogens (tertiary/aromatic N) is 7. The summed E-state index contributed by atoms with van der Waals surface area (Å²) in [6.07, 6.45) is 7.83. The summed E-state index contributed by atoms with van der Waals surface area (Å²) in [5, 5.41) is 40.8. The van der Waals surface area contributed by atoms with Gasteiger partial charge in [0.25, 0.3) is 6.20 Å². The van der Waals surface area contributed by atoms with E-state index in [0.717, 1.165) is 59.6 Å². The van der Waals surface area contributed by atoms with Gasteiger partial charge in [0.05, 0.1) is 60.2 Å². The molecule has 107 heavy (non-hydrogen) atoms. The second kappa shape index (κ2) is 48.8. The van der Waals surface area contributed by atoms with E-state index >= 15 is 0 Å². The number of hydrogen-bond acceptors (Lipinski definition) is 21. The largest absolute Gasteiger partial charge is 0.444 e. The van der Waals surface area contributed by atoms with E-state index < -0.39 is 41.1 Å². The van der Waals surface area contributed by atoms with Crippen LogP contribution in [0.5, 0.6) is 0 Å². The molecule has 4 aromatic heterocycles. The molecule has 26 nitrogen and oxygen atoms in total. The molecule has 0 saturated carbocycles. The summed E-state index contributed by atoms with van der Waals surface area (Å²) in [6.45, 7) is 9.47. The quantitative estimate of drug-likeness (QED) is 0.00978. The second-order valence-electron chi connectivity index (χ2n) is 25.8. The molecule has 10 N–H and O–H groups in total. The zero-order valence-electron chi connectivity index (χ0n) is 61.3. The minimum absolute atomic E-state index is 0. The van der Waals surface area contributed by atoms with E-state index in [1.54, 1.807) is 55.9 Å². The maximum Gasteiger partial charge on any atom is 0.407 e. The number of thiazole rings is 4. The molecule has 8 rings (SSSR count). The van der Waals surface area contributed by atoms with Crippen molar-refractivity contribution in [1.82, 2.24) is 72.3 Å². The van der Waals surface area contributed by atoms with Gasteiger partial charge in [0.1, 0.15) is 25.3 Å². The molecule has 4 heterocycles. The minimum atomic E-state index is -0.994. The smallest absolute Gasteiger partial charge is 0.407 e. The molecule has 0 unspecified atom stereocenters. The van der Waals surface area contributed by atoms with E-state index in [9.17, 15) is 38.9 Å². The monoisotopic (exact) mass is 1820 g/mol. The number of carbonyl (C=O) groups excluding carboxylic acids is 6. The number of nitrogens with one attached hydrogen (secondary N) is 8. The third-order valence-corrected chi connectivity index (χ3v) is 20.5. The Kier molecular flexibility index (Phi) is 40.6. The van der Waals surface area contributed by atoms with E-state index in [1.807, 2.05) is 132 Å². The zero-order valence-corrected chi connectivity index (χ0v) is 69.8. The van der Waals surface area contributed by atoms with Crippen LogP contribution in [-0.4, -0.2) is 141 Å². The fraction of sp³-hybridized carbons (Fsp3) is 0.413. The van der Waals surface area contributed by atoms with Crippen LogP contribution in [0.2, 0.25) is 0 Å². The molecule has 6 atom stereocenters. The van der Waals surface area contributed by atoms with Gasteiger partial charge in [0.15, 0.2) is 5.82 Å². The van der Waals surface area contributed by atoms with Crippen molar-refractivity contribution in [2.75, 3.05) is 34.2 Å². The number of halogens is 1. The number of ether oxygens (including phenoxy) is 2. The van der Waals surface area contributed by atoms with E-state index in [-0.39, 0.29) is 139 Å². The van der Waals surface area contributed by atoms with Gasteiger partial charge >= 0.3 is 24.2 Å². The molecule has 0 aliphatic carbocycles. The molecule has 8 aromatic rings. The summed E-state index contributed by atoms with van der Waals surface area (Å²) in [7, 11) is 4.86. The van der Waals surface area contributed by atoms with Crippen LogP contribution in [0.15, 0.2) is 168 Å². The molecule has 4 aromatic carbocycles. The van der Waals surface area contributed by atoms with Gasteiger partial charge in [-0.15, -0.1) is 69.3 Å². The Balaban J connectivity index is 0.000000380. The van der Waals surface area contributed by atoms with Crippen LogP contribution >= 0.6 is 69.3 Å². The van der Waals surface area contributed by atoms with E-state index in [0.29, 0.717) is 63.8 Å². The first-order valence-corrected chi connectivity index (χ1v) is 38.5. The van der Waals surface area contributed by atoms with Crippen molar-refractivity contribution in [3.63, 3.8) is 0 Å². The fourth-order valence-electron chi connectivity index (χ4n) is 11.0. The number of nitrogens with two attached hydrogens (primary N) is 1. The van der Waals surface area contributed by atoms with Crippen LogP contribution in [0.4, 0.5) is 19.2 Å². The van der Waals surface area contributed by atoms with Crippen LogP contribution < -0.4 is 48.3 Å². The Morgan fingerprint density at radius 3 is 1.20 bits per heavy atom. The summed E-state index contributed by atoms with van der Waals surface area (Å²) in [5.41, 5.74) is 15.0. The molecule has 0 saturated heterocycles. The maximum atomic E-state index is 14.2. The van der Waals surface area contributed by atoms with Gasteiger partial charge in [-0.2, -0.15) is 0 Å². The molecule has 32 heteroatoms. The van der Waals surface area contributed by atoms with Gasteiger partial charge < -0.3 is 67.5 Å². The number of urea groups is 2. The molecule has 0 aliphatic rings. The standard InChI is InChI=1S/C39H51N9O6S2.C36H47N7O4S2.HI.W/c1-27(2)37-44-32(25-55-37)22-47(4)38(50)46-34(17-18-42-35(40-3)23-48(52)53)36(49)43-30(19-28-11-7-5-8-12-28)15-16-31(20-29-13-9-6-10-14-29)45-39(51)54-24-33-21-41-26-56-33;1-25(2)34-40-30(23-48-34)21-43(3)35(45)42-32(16-17-37)33(44)39-28(18-26-10-6-4-7-11-26)14-15-29(19-27-12-8-5-9-13-27)41-36(46)47-22-31-20-38-24-49-31;;/h5-14,21,23,25-27,30-31,34,40,42H,15-20,22,24H2,1-4H3,(H,43,49)(H,45,51)(H,46,50);4-13,20,23-25,28-29,32H,14-19,21-22,37H2,1-3H3,(H,39,44)(H,41,46)(H,42,45);1H;/b35-23+;;;/t30-,31-,34-;28-,29-,32-;;/m00../s1. The molecule has 0 aliphatic heterocycles. The molecular weight excluding hydrogens is 1720 g/mol. The van der Waals surface area contributed by atoms with Crippen LogP contribution in [0.1, 0.15) is 131 Å². The van der Waals surface area contributed by atoms with Crippen molar-refractivity contribution in [3.8, 4) is 0 Å². The number of alkyl carbamates (subject to hydrolysis) is 2. The number of rotatable bonds is 40. The summed E-state index contributed by atoms with van der Waals surface area (Å²) in [6, 6.07) is 35.6. The van der Waals surface area contributed by atoms with Crippen molar-refractivity contribution >= 4 is 105 Å². The summed E-state index contributed by atoms with van der Waals surface area (Å²) < 4.78 is 11.0. The molecule has 576 valence electrons. The topological polar surface area (TPSA) is 344 Å². The Labute approximate surface area is 673 Å². The Morgan fingerprint density at radius 2 is 0.888 bits per heavy atom. The average molecular weight is 1820 g/mol. The van der Waals surface area contributed by atoms with E-state index in [2.05, 4.69) is 90.2 Å². The van der Waals surface area contributed by atoms with Gasteiger partial charge in [0, 0.05) is 108 Å². The second-order valence-corrected chi connectivity index (χ2v) is 29.6. The zero-order chi connectivity index (χ0) is 75.3. The van der Waals surface area contributed by atoms with Crippen LogP contribution in [0, 0.1) is 10.1 Å². The summed E-state index contributed by atoms with van der Waals surface area (Å²) >= 11 is 5.94. The van der Waals surface area contributed by atoms with Gasteiger partial charge in [-0.05, 0) is 93.0 Å². The normalized spacial score (nSPS) is 12.7. The first-order chi connectivity index (χ1) is 50.7. The van der Waals surface area contributed by atoms with Crippen molar-refractivity contribution < 1.29 is 64.2 Å². The van der Waals surface area contributed by atoms with Crippen molar-refractivity contribution in [3.05, 3.63) is 231 Å². The number of aromatic nitrogens is 4. The van der Waals surface area contributed by atoms with Gasteiger partial charge in [0.2, 0.25) is 11.8 Å². The van der Waals surface area contributed by atoms with Gasteiger partial charge in [-0.1, -0.05) is 149 Å². The predicted molar refractivity (Wildman–Crippen MR) is 427 cm³/mol. The predicted octanol–water partition coefficient (Wildman–Crippen LogP) is 11.8. The number of hydrogen-bond donors (Lipinski definition) is 9. The van der Waals surface area contributed by atoms with E-state index in [4.69, 9.17) is 15.2 Å². The minimum Gasteiger partial charge on any atom is -0.444 e. The molecular formula is C75H99IN16O10S4W. The molecule has 0 bridgehead atoms. The first-order valence-electron chi connectivity index (χ1n) is 34.9. The summed E-state index contributed by atoms with van der Waals surface area (Å²) in [5.74, 6) is 0.0151. The summed E-state index contributed by atoms with van der Waals surface area (Å²) in [4.78, 5) is 113. The molecule has 0 fully saturated rings. The number of nitro groups is 1. The molecule has 8 amide bonds. The van der Waals surface area contributed by atoms with Crippen molar-refractivity contribution in [1.29, 1.82) is 0 Å². The molecule has 0 radical (unpaired) electrons. The van der Waals surface area contributed by atoms with Crippen molar-refractivity contribution in [2.24, 2.45) is 5.73 Å². The maximum absolute atomic E-state index is 14.2. The van der Waals surface area contributed by atoms with Crippen LogP contribution in [-0.2, 0) is 92.1 Å². The number of carbonyl (C=O) groups is 6. The average Bonchev–Trinajstić information content (AvgIpc) is 1.79. The van der Waals surface area contributed by atoms with Crippen LogP contribution in [0.3, 0.4) is 0 Å². The Morgan fingerprint density at radius 1 is 0.533 bits per heavy atom. The van der Waals surface area contributed by atoms with Crippen molar-refractivity contribution in [2.45, 2.75) is 166 Å². The first kappa shape index (κ1) is 89.2. The van der Waals surface area contributed by atoms with Gasteiger partial charge in [-0.25, -0.2) is 29.1 Å². The third-order valence-electron chi connectivity index (χ3n) is 16.6. The Hall–Kier alpha value is -8.46. The fourth-order valence-corrected chi connectivity index (χ4v) is 13.7. The number of amides is 8. The third kappa shape index (κ3) is 33.7. The number of benzene rings is 4. The van der Waals surface area contributed by atoms with Crippen LogP contribution in [0.25, 0.3) is 0 Å². The van der Waals surface area contributed by atoms with E-state index in [1.165, 1.54) is 43.8 Å². The SMILES string of the molecule is CC(C)c1nc(CN(C)C(=O)N[C@@H](CCN)C(=O)N[C@@H](CC[C@@H](Cc2ccccc2)NC(=O)OCc2cncs2)Cc2ccccc2)cs1.CN/C(=C\[N+](=O)[O-])NCC[C@H](NC(=O)N(C)Cc1csc(C(C)C)n1)C(=O)N[C@@H](CC[C@@H](Cc1ccccc1)NC(=O)OCc1cncs1)Cc1ccccc1.I.[W]. The molecule has 0 spiro atoms. The van der Waals surface area contributed by atoms with Gasteiger partial charge in [-0.3, -0.25) is 29.7 Å².